The van der Waals surface area contributed by atoms with Crippen molar-refractivity contribution in [2.24, 2.45) is 5.92 Å². The maximum absolute atomic E-state index is 13.3. The third-order valence-electron chi connectivity index (χ3n) is 8.08. The number of anilines is 3. The Labute approximate surface area is 269 Å². The smallest absolute Gasteiger partial charge is 0.324 e. The number of methoxy groups -OCH3 is 1. The monoisotopic (exact) mass is 628 g/mol. The van der Waals surface area contributed by atoms with Gasteiger partial charge in [0, 0.05) is 35.9 Å². The van der Waals surface area contributed by atoms with Crippen LogP contribution in [0.5, 0.6) is 5.75 Å². The SMILES string of the molecule is COc1ccc(NC(=O)N2CCC(Cc3ccccc3NC(=O)Nc3cc(C(C)(C)C)nn3-c3ccc(C)cc3)CC2)cc1Cl. The number of nitrogens with zero attached hydrogens (tertiary/aromatic N) is 3. The molecular formula is C35H41ClN6O3. The number of aryl methyl sites for hydroxylation is 1. The molecule has 45 heavy (non-hydrogen) atoms. The molecule has 0 unspecified atom stereocenters. The Bertz CT molecular complexity index is 1650. The van der Waals surface area contributed by atoms with Gasteiger partial charge in [0.25, 0.3) is 0 Å². The van der Waals surface area contributed by atoms with Gasteiger partial charge in [0.05, 0.1) is 23.5 Å². The van der Waals surface area contributed by atoms with E-state index in [9.17, 15) is 9.59 Å². The van der Waals surface area contributed by atoms with Crippen molar-refractivity contribution < 1.29 is 14.3 Å². The Hall–Kier alpha value is -4.50. The lowest BCUT2D eigenvalue weighted by Gasteiger charge is -2.32. The third-order valence-corrected chi connectivity index (χ3v) is 8.37. The summed E-state index contributed by atoms with van der Waals surface area (Å²) in [5, 5.41) is 14.3. The van der Waals surface area contributed by atoms with Crippen molar-refractivity contribution in [3.8, 4) is 11.4 Å². The van der Waals surface area contributed by atoms with Crippen LogP contribution in [0.15, 0.2) is 72.8 Å². The highest BCUT2D eigenvalue weighted by Crippen LogP contribution is 2.30. The highest BCUT2D eigenvalue weighted by atomic mass is 35.5. The van der Waals surface area contributed by atoms with E-state index in [1.165, 1.54) is 0 Å². The van der Waals surface area contributed by atoms with Gasteiger partial charge < -0.3 is 20.3 Å². The zero-order chi connectivity index (χ0) is 32.1. The van der Waals surface area contributed by atoms with Gasteiger partial charge in [0.2, 0.25) is 0 Å². The van der Waals surface area contributed by atoms with Gasteiger partial charge in [-0.25, -0.2) is 14.3 Å². The van der Waals surface area contributed by atoms with Gasteiger partial charge in [0.15, 0.2) is 0 Å². The summed E-state index contributed by atoms with van der Waals surface area (Å²) in [5.41, 5.74) is 5.18. The van der Waals surface area contributed by atoms with E-state index in [1.807, 2.05) is 60.4 Å². The Morgan fingerprint density at radius 1 is 0.956 bits per heavy atom. The average Bonchev–Trinajstić information content (AvgIpc) is 3.43. The van der Waals surface area contributed by atoms with Crippen LogP contribution in [0.25, 0.3) is 5.69 Å². The fourth-order valence-corrected chi connectivity index (χ4v) is 5.67. The number of carbonyl (C=O) groups is 2. The summed E-state index contributed by atoms with van der Waals surface area (Å²) < 4.78 is 6.97. The molecule has 2 heterocycles. The van der Waals surface area contributed by atoms with Crippen LogP contribution in [-0.2, 0) is 11.8 Å². The van der Waals surface area contributed by atoms with Gasteiger partial charge in [-0.15, -0.1) is 0 Å². The molecule has 1 saturated heterocycles. The topological polar surface area (TPSA) is 101 Å². The van der Waals surface area contributed by atoms with Crippen LogP contribution in [0.2, 0.25) is 5.02 Å². The molecule has 5 rings (SSSR count). The summed E-state index contributed by atoms with van der Waals surface area (Å²) in [5.74, 6) is 1.54. The lowest BCUT2D eigenvalue weighted by molar-refractivity contribution is 0.182. The van der Waals surface area contributed by atoms with Gasteiger partial charge in [-0.3, -0.25) is 5.32 Å². The maximum Gasteiger partial charge on any atom is 0.324 e. The number of likely N-dealkylation sites (tertiary alicyclic amines) is 1. The van der Waals surface area contributed by atoms with Crippen LogP contribution in [-0.4, -0.2) is 46.9 Å². The number of hydrogen-bond acceptors (Lipinski definition) is 4. The molecule has 0 saturated carbocycles. The Morgan fingerprint density at radius 2 is 1.67 bits per heavy atom. The van der Waals surface area contributed by atoms with Crippen LogP contribution in [0.4, 0.5) is 26.8 Å². The Kier molecular flexibility index (Phi) is 9.68. The number of hydrogen-bond donors (Lipinski definition) is 3. The van der Waals surface area contributed by atoms with Gasteiger partial charge in [-0.2, -0.15) is 5.10 Å². The highest BCUT2D eigenvalue weighted by Gasteiger charge is 2.25. The van der Waals surface area contributed by atoms with Crippen LogP contribution in [0.3, 0.4) is 0 Å². The molecule has 1 fully saturated rings. The zero-order valence-corrected chi connectivity index (χ0v) is 27.2. The highest BCUT2D eigenvalue weighted by molar-refractivity contribution is 6.32. The minimum atomic E-state index is -0.332. The molecule has 1 aliphatic rings. The molecular weight excluding hydrogens is 588 g/mol. The van der Waals surface area contributed by atoms with Crippen molar-refractivity contribution in [2.75, 3.05) is 36.1 Å². The summed E-state index contributed by atoms with van der Waals surface area (Å²) in [6.45, 7) is 9.64. The van der Waals surface area contributed by atoms with Gasteiger partial charge in [-0.05, 0) is 74.1 Å². The van der Waals surface area contributed by atoms with E-state index < -0.39 is 0 Å². The first-order chi connectivity index (χ1) is 21.5. The second-order valence-corrected chi connectivity index (χ2v) is 13.0. The first kappa shape index (κ1) is 31.9. The molecule has 10 heteroatoms. The quantitative estimate of drug-likeness (QED) is 0.192. The van der Waals surface area contributed by atoms with Gasteiger partial charge in [-0.1, -0.05) is 68.3 Å². The number of piperidine rings is 1. The number of aromatic nitrogens is 2. The van der Waals surface area contributed by atoms with E-state index in [0.29, 0.717) is 41.3 Å². The van der Waals surface area contributed by atoms with Crippen molar-refractivity contribution >= 4 is 40.9 Å². The molecule has 4 aromatic rings. The van der Waals surface area contributed by atoms with E-state index in [-0.39, 0.29) is 17.5 Å². The number of ether oxygens (including phenoxy) is 1. The standard InChI is InChI=1S/C35H41ClN6O3/c1-23-10-13-27(14-11-23)42-32(22-31(40-42)35(2,3)4)39-33(43)38-29-9-7-6-8-25(29)20-24-16-18-41(19-17-24)34(44)37-26-12-15-30(45-5)28(36)21-26/h6-15,21-22,24H,16-20H2,1-5H3,(H,37,44)(H2,38,39,43). The normalized spacial score (nSPS) is 13.8. The molecule has 0 bridgehead atoms. The number of benzene rings is 3. The van der Waals surface area contributed by atoms with E-state index >= 15 is 0 Å². The molecule has 0 radical (unpaired) electrons. The van der Waals surface area contributed by atoms with E-state index in [4.69, 9.17) is 21.4 Å². The predicted octanol–water partition coefficient (Wildman–Crippen LogP) is 8.27. The number of carbonyl (C=O) groups excluding carboxylic acids is 2. The largest absolute Gasteiger partial charge is 0.495 e. The second kappa shape index (κ2) is 13.6. The Morgan fingerprint density at radius 3 is 2.33 bits per heavy atom. The molecule has 1 aromatic heterocycles. The van der Waals surface area contributed by atoms with Crippen molar-refractivity contribution in [1.82, 2.24) is 14.7 Å². The van der Waals surface area contributed by atoms with Crippen LogP contribution in [0.1, 0.15) is 50.4 Å². The molecule has 9 nitrogen and oxygen atoms in total. The zero-order valence-electron chi connectivity index (χ0n) is 26.5. The average molecular weight is 629 g/mol. The number of rotatable bonds is 7. The van der Waals surface area contributed by atoms with E-state index in [1.54, 1.807) is 30.0 Å². The summed E-state index contributed by atoms with van der Waals surface area (Å²) in [6.07, 6.45) is 2.53. The van der Waals surface area contributed by atoms with Crippen molar-refractivity contribution in [3.05, 3.63) is 94.6 Å². The van der Waals surface area contributed by atoms with Crippen LogP contribution >= 0.6 is 11.6 Å². The maximum atomic E-state index is 13.3. The molecule has 4 amide bonds. The van der Waals surface area contributed by atoms with Gasteiger partial charge in [0.1, 0.15) is 11.6 Å². The second-order valence-electron chi connectivity index (χ2n) is 12.6. The summed E-state index contributed by atoms with van der Waals surface area (Å²) in [4.78, 5) is 28.0. The fraction of sp³-hybridized carbons (Fsp3) is 0.343. The van der Waals surface area contributed by atoms with Crippen molar-refractivity contribution in [3.63, 3.8) is 0 Å². The molecule has 3 aromatic carbocycles. The summed E-state index contributed by atoms with van der Waals surface area (Å²) in [7, 11) is 1.55. The minimum Gasteiger partial charge on any atom is -0.495 e. The number of amides is 4. The first-order valence-corrected chi connectivity index (χ1v) is 15.6. The number of halogens is 1. The predicted molar refractivity (Wildman–Crippen MR) is 181 cm³/mol. The number of nitrogens with one attached hydrogen (secondary N) is 3. The number of para-hydroxylation sites is 1. The minimum absolute atomic E-state index is 0.145. The molecule has 236 valence electrons. The van der Waals surface area contributed by atoms with E-state index in [2.05, 4.69) is 42.8 Å². The third kappa shape index (κ3) is 7.97. The van der Waals surface area contributed by atoms with E-state index in [0.717, 1.165) is 47.5 Å². The lowest BCUT2D eigenvalue weighted by atomic mass is 9.89. The molecule has 1 aliphatic heterocycles. The lowest BCUT2D eigenvalue weighted by Crippen LogP contribution is -2.41. The molecule has 0 aliphatic carbocycles. The van der Waals surface area contributed by atoms with Gasteiger partial charge >= 0.3 is 12.1 Å². The van der Waals surface area contributed by atoms with Crippen LogP contribution < -0.4 is 20.7 Å². The fourth-order valence-electron chi connectivity index (χ4n) is 5.41. The molecule has 0 spiro atoms. The first-order valence-electron chi connectivity index (χ1n) is 15.2. The number of urea groups is 2. The molecule has 3 N–H and O–H groups in total. The molecule has 0 atom stereocenters. The van der Waals surface area contributed by atoms with Crippen molar-refractivity contribution in [2.45, 2.75) is 52.4 Å². The van der Waals surface area contributed by atoms with Crippen LogP contribution in [0, 0.1) is 12.8 Å². The Balaban J connectivity index is 1.20. The summed E-state index contributed by atoms with van der Waals surface area (Å²) in [6, 6.07) is 22.6. The summed E-state index contributed by atoms with van der Waals surface area (Å²) >= 11 is 6.21. The van der Waals surface area contributed by atoms with Crippen molar-refractivity contribution in [1.29, 1.82) is 0 Å².